The second kappa shape index (κ2) is 4.92. The lowest BCUT2D eigenvalue weighted by molar-refractivity contribution is -0.162. The van der Waals surface area contributed by atoms with Gasteiger partial charge < -0.3 is 9.84 Å². The fraction of sp³-hybridized carbons (Fsp3) is 0.917. The molecule has 1 N–H and O–H groups in total. The number of ether oxygens (including phenoxy) is 1. The van der Waals surface area contributed by atoms with Crippen LogP contribution in [0.15, 0.2) is 0 Å². The normalized spacial score (nSPS) is 26.5. The first-order chi connectivity index (χ1) is 8.03. The van der Waals surface area contributed by atoms with E-state index in [1.165, 1.54) is 26.9 Å². The lowest BCUT2D eigenvalue weighted by Crippen LogP contribution is -2.54. The maximum Gasteiger partial charge on any atom is 0.338 e. The first-order valence-electron chi connectivity index (χ1n) is 6.30. The summed E-state index contributed by atoms with van der Waals surface area (Å²) in [6.07, 6.45) is 2.67. The summed E-state index contributed by atoms with van der Waals surface area (Å²) >= 11 is 0. The number of carbonyl (C=O) groups is 1. The maximum atomic E-state index is 11.4. The molecule has 1 saturated heterocycles. The number of rotatable bonds is 4. The number of nitrogens with zero attached hydrogens (tertiary/aromatic N) is 2. The van der Waals surface area contributed by atoms with E-state index in [4.69, 9.17) is 0 Å². The summed E-state index contributed by atoms with van der Waals surface area (Å²) in [4.78, 5) is 16.0. The molecule has 0 radical (unpaired) electrons. The summed E-state index contributed by atoms with van der Waals surface area (Å²) in [5.41, 5.74) is -1.39. The van der Waals surface area contributed by atoms with Crippen LogP contribution in [0.25, 0.3) is 0 Å². The highest BCUT2D eigenvalue weighted by atomic mass is 16.5. The zero-order valence-electron chi connectivity index (χ0n) is 10.7. The first kappa shape index (κ1) is 12.8. The molecule has 1 unspecified atom stereocenters. The number of hydrogen-bond acceptors (Lipinski definition) is 5. The highest BCUT2D eigenvalue weighted by Gasteiger charge is 2.36. The van der Waals surface area contributed by atoms with E-state index in [-0.39, 0.29) is 0 Å². The van der Waals surface area contributed by atoms with Gasteiger partial charge in [0, 0.05) is 38.8 Å². The van der Waals surface area contributed by atoms with Crippen molar-refractivity contribution in [2.75, 3.05) is 39.8 Å². The van der Waals surface area contributed by atoms with Crippen molar-refractivity contribution in [3.8, 4) is 0 Å². The Labute approximate surface area is 102 Å². The van der Waals surface area contributed by atoms with Gasteiger partial charge in [-0.15, -0.1) is 0 Å². The van der Waals surface area contributed by atoms with E-state index >= 15 is 0 Å². The molecule has 2 rings (SSSR count). The van der Waals surface area contributed by atoms with Gasteiger partial charge in [0.05, 0.1) is 7.11 Å². The molecule has 0 amide bonds. The van der Waals surface area contributed by atoms with E-state index in [1.54, 1.807) is 0 Å². The Kier molecular flexibility index (Phi) is 3.70. The van der Waals surface area contributed by atoms with E-state index in [2.05, 4.69) is 14.5 Å². The number of esters is 1. The molecule has 0 aromatic heterocycles. The summed E-state index contributed by atoms with van der Waals surface area (Å²) in [5, 5.41) is 9.99. The molecule has 17 heavy (non-hydrogen) atoms. The molecule has 2 aliphatic rings. The summed E-state index contributed by atoms with van der Waals surface area (Å²) in [6, 6.07) is 0.804. The van der Waals surface area contributed by atoms with E-state index in [1.807, 2.05) is 0 Å². The third-order valence-electron chi connectivity index (χ3n) is 3.63. The Bertz CT molecular complexity index is 281. The number of piperazine rings is 1. The Hall–Kier alpha value is -0.650. The second-order valence-electron chi connectivity index (χ2n) is 5.31. The van der Waals surface area contributed by atoms with Crippen LogP contribution in [0.4, 0.5) is 0 Å². The number of aliphatic hydroxyl groups is 1. The molecule has 1 aliphatic carbocycles. The van der Waals surface area contributed by atoms with Gasteiger partial charge in [-0.1, -0.05) is 0 Å². The predicted octanol–water partition coefficient (Wildman–Crippen LogP) is -0.310. The SMILES string of the molecule is COC(=O)C(C)(O)CN1CCN(C2CC2)CC1. The predicted molar refractivity (Wildman–Crippen MR) is 63.7 cm³/mol. The van der Waals surface area contributed by atoms with Crippen LogP contribution in [0, 0.1) is 0 Å². The summed E-state index contributed by atoms with van der Waals surface area (Å²) in [6.45, 7) is 5.81. The Balaban J connectivity index is 1.78. The minimum absolute atomic E-state index is 0.359. The average molecular weight is 242 g/mol. The van der Waals surface area contributed by atoms with Crippen LogP contribution in [-0.4, -0.2) is 72.4 Å². The fourth-order valence-corrected chi connectivity index (χ4v) is 2.45. The van der Waals surface area contributed by atoms with Crippen molar-refractivity contribution in [1.82, 2.24) is 9.80 Å². The van der Waals surface area contributed by atoms with Gasteiger partial charge in [0.15, 0.2) is 5.60 Å². The molecule has 1 aliphatic heterocycles. The van der Waals surface area contributed by atoms with Crippen LogP contribution >= 0.6 is 0 Å². The quantitative estimate of drug-likeness (QED) is 0.685. The number of carbonyl (C=O) groups excluding carboxylic acids is 1. The average Bonchev–Trinajstić information content (AvgIpc) is 3.12. The van der Waals surface area contributed by atoms with Crippen LogP contribution in [0.5, 0.6) is 0 Å². The van der Waals surface area contributed by atoms with E-state index in [9.17, 15) is 9.90 Å². The zero-order valence-corrected chi connectivity index (χ0v) is 10.7. The van der Waals surface area contributed by atoms with E-state index < -0.39 is 11.6 Å². The van der Waals surface area contributed by atoms with Crippen LogP contribution < -0.4 is 0 Å². The molecule has 0 spiro atoms. The summed E-state index contributed by atoms with van der Waals surface area (Å²) in [5.74, 6) is -0.554. The zero-order chi connectivity index (χ0) is 12.5. The first-order valence-corrected chi connectivity index (χ1v) is 6.30. The molecular weight excluding hydrogens is 220 g/mol. The summed E-state index contributed by atoms with van der Waals surface area (Å²) < 4.78 is 4.60. The van der Waals surface area contributed by atoms with Crippen LogP contribution in [0.1, 0.15) is 19.8 Å². The van der Waals surface area contributed by atoms with Gasteiger partial charge in [-0.3, -0.25) is 9.80 Å². The lowest BCUT2D eigenvalue weighted by Gasteiger charge is -2.37. The highest BCUT2D eigenvalue weighted by Crippen LogP contribution is 2.27. The summed E-state index contributed by atoms with van der Waals surface area (Å²) in [7, 11) is 1.31. The Morgan fingerprint density at radius 1 is 1.35 bits per heavy atom. The molecule has 0 aromatic carbocycles. The van der Waals surface area contributed by atoms with Gasteiger partial charge in [0.25, 0.3) is 0 Å². The van der Waals surface area contributed by atoms with Crippen LogP contribution in [0.3, 0.4) is 0 Å². The van der Waals surface area contributed by atoms with Crippen LogP contribution in [0.2, 0.25) is 0 Å². The molecule has 1 saturated carbocycles. The molecule has 1 heterocycles. The smallest absolute Gasteiger partial charge is 0.338 e. The fourth-order valence-electron chi connectivity index (χ4n) is 2.45. The van der Waals surface area contributed by atoms with Crippen molar-refractivity contribution in [1.29, 1.82) is 0 Å². The van der Waals surface area contributed by atoms with Crippen molar-refractivity contribution in [2.24, 2.45) is 0 Å². The number of hydrogen-bond donors (Lipinski definition) is 1. The van der Waals surface area contributed by atoms with Crippen molar-refractivity contribution in [3.63, 3.8) is 0 Å². The Morgan fingerprint density at radius 3 is 2.41 bits per heavy atom. The topological polar surface area (TPSA) is 53.0 Å². The minimum Gasteiger partial charge on any atom is -0.467 e. The third kappa shape index (κ3) is 3.18. The van der Waals surface area contributed by atoms with Gasteiger partial charge in [-0.2, -0.15) is 0 Å². The molecular formula is C12H22N2O3. The van der Waals surface area contributed by atoms with E-state index in [0.717, 1.165) is 32.2 Å². The van der Waals surface area contributed by atoms with Crippen molar-refractivity contribution < 1.29 is 14.6 Å². The van der Waals surface area contributed by atoms with Crippen molar-refractivity contribution in [3.05, 3.63) is 0 Å². The van der Waals surface area contributed by atoms with Gasteiger partial charge in [-0.25, -0.2) is 4.79 Å². The van der Waals surface area contributed by atoms with Crippen LogP contribution in [-0.2, 0) is 9.53 Å². The molecule has 5 nitrogen and oxygen atoms in total. The second-order valence-corrected chi connectivity index (χ2v) is 5.31. The highest BCUT2D eigenvalue weighted by molar-refractivity contribution is 5.78. The molecule has 0 bridgehead atoms. The standard InChI is InChI=1S/C12H22N2O3/c1-12(16,11(15)17-2)9-13-5-7-14(8-6-13)10-3-4-10/h10,16H,3-9H2,1-2H3. The van der Waals surface area contributed by atoms with Crippen molar-refractivity contribution >= 4 is 5.97 Å². The van der Waals surface area contributed by atoms with E-state index in [0.29, 0.717) is 6.54 Å². The molecule has 5 heteroatoms. The molecule has 98 valence electrons. The third-order valence-corrected chi connectivity index (χ3v) is 3.63. The van der Waals surface area contributed by atoms with Gasteiger partial charge in [-0.05, 0) is 19.8 Å². The monoisotopic (exact) mass is 242 g/mol. The largest absolute Gasteiger partial charge is 0.467 e. The van der Waals surface area contributed by atoms with Crippen molar-refractivity contribution in [2.45, 2.75) is 31.4 Å². The lowest BCUT2D eigenvalue weighted by atomic mass is 10.1. The van der Waals surface area contributed by atoms with Gasteiger partial charge in [0.1, 0.15) is 0 Å². The van der Waals surface area contributed by atoms with Gasteiger partial charge in [0.2, 0.25) is 0 Å². The number of β-amino-alcohol motifs (C(OH)–C–C–N with tert-alkyl or cyclic N) is 1. The Morgan fingerprint density at radius 2 is 1.94 bits per heavy atom. The molecule has 2 fully saturated rings. The minimum atomic E-state index is -1.39. The molecule has 0 aromatic rings. The molecule has 1 atom stereocenters. The van der Waals surface area contributed by atoms with Gasteiger partial charge >= 0.3 is 5.97 Å². The number of methoxy groups -OCH3 is 1. The maximum absolute atomic E-state index is 11.4.